The van der Waals surface area contributed by atoms with E-state index in [1.54, 1.807) is 0 Å². The van der Waals surface area contributed by atoms with Crippen LogP contribution in [0.2, 0.25) is 0 Å². The molecule has 2 aromatic carbocycles. The summed E-state index contributed by atoms with van der Waals surface area (Å²) in [6.45, 7) is 4.50. The normalized spacial score (nSPS) is 13.5. The summed E-state index contributed by atoms with van der Waals surface area (Å²) in [6.07, 6.45) is 0. The number of rotatable bonds is 7. The number of carbonyl (C=O) groups excluding carboxylic acids is 1. The predicted octanol–water partition coefficient (Wildman–Crippen LogP) is 3.35. The molecule has 0 aromatic heterocycles. The maximum absolute atomic E-state index is 12.5. The minimum Gasteiger partial charge on any atom is -0.355 e. The van der Waals surface area contributed by atoms with E-state index in [4.69, 9.17) is 0 Å². The first-order valence-electron chi connectivity index (χ1n) is 7.85. The molecule has 1 N–H and O–H groups in total. The van der Waals surface area contributed by atoms with Crippen molar-refractivity contribution in [2.24, 2.45) is 5.92 Å². The average molecular weight is 329 g/mol. The summed E-state index contributed by atoms with van der Waals surface area (Å²) in [7, 11) is -1.08. The third kappa shape index (κ3) is 5.03. The molecule has 1 amide bonds. The first-order chi connectivity index (χ1) is 11.1. The van der Waals surface area contributed by atoms with Crippen molar-refractivity contribution in [2.45, 2.75) is 24.7 Å². The smallest absolute Gasteiger partial charge is 0.227 e. The van der Waals surface area contributed by atoms with Gasteiger partial charge < -0.3 is 5.32 Å². The van der Waals surface area contributed by atoms with Crippen molar-refractivity contribution in [3.63, 3.8) is 0 Å². The number of carbonyl (C=O) groups is 1. The lowest BCUT2D eigenvalue weighted by Gasteiger charge is -2.20. The molecule has 0 aliphatic heterocycles. The maximum atomic E-state index is 12.5. The lowest BCUT2D eigenvalue weighted by Crippen LogP contribution is -2.34. The monoisotopic (exact) mass is 329 g/mol. The minimum absolute atomic E-state index is 0.00346. The molecule has 4 heteroatoms. The molecule has 0 unspecified atom stereocenters. The fourth-order valence-corrected chi connectivity index (χ4v) is 3.55. The van der Waals surface area contributed by atoms with Crippen LogP contribution in [-0.4, -0.2) is 22.4 Å². The highest BCUT2D eigenvalue weighted by atomic mass is 32.2. The third-order valence-electron chi connectivity index (χ3n) is 3.70. The average Bonchev–Trinajstić information content (AvgIpc) is 2.56. The molecule has 2 rings (SSSR count). The zero-order valence-corrected chi connectivity index (χ0v) is 14.4. The Labute approximate surface area is 140 Å². The second kappa shape index (κ2) is 8.63. The molecule has 23 heavy (non-hydrogen) atoms. The van der Waals surface area contributed by atoms with E-state index in [9.17, 15) is 9.00 Å². The van der Waals surface area contributed by atoms with Crippen molar-refractivity contribution in [3.8, 4) is 0 Å². The van der Waals surface area contributed by atoms with E-state index < -0.39 is 10.8 Å². The van der Waals surface area contributed by atoms with E-state index in [0.717, 1.165) is 10.5 Å². The summed E-state index contributed by atoms with van der Waals surface area (Å²) in [4.78, 5) is 13.3. The van der Waals surface area contributed by atoms with Gasteiger partial charge in [0.15, 0.2) is 0 Å². The molecule has 2 aromatic rings. The summed E-state index contributed by atoms with van der Waals surface area (Å²) in [5.41, 5.74) is 1.02. The van der Waals surface area contributed by atoms with Gasteiger partial charge in [0, 0.05) is 17.2 Å². The van der Waals surface area contributed by atoms with Crippen molar-refractivity contribution in [2.75, 3.05) is 12.3 Å². The van der Waals surface area contributed by atoms with Gasteiger partial charge in [0.05, 0.1) is 16.7 Å². The Morgan fingerprint density at radius 1 is 1.00 bits per heavy atom. The zero-order valence-electron chi connectivity index (χ0n) is 13.6. The molecule has 0 heterocycles. The molecule has 0 bridgehead atoms. The Kier molecular flexibility index (Phi) is 6.53. The van der Waals surface area contributed by atoms with Crippen LogP contribution in [0.1, 0.15) is 25.3 Å². The molecule has 0 aliphatic carbocycles. The Morgan fingerprint density at radius 2 is 1.57 bits per heavy atom. The van der Waals surface area contributed by atoms with Gasteiger partial charge in [-0.05, 0) is 23.6 Å². The van der Waals surface area contributed by atoms with Gasteiger partial charge in [-0.2, -0.15) is 0 Å². The van der Waals surface area contributed by atoms with Gasteiger partial charge in [-0.15, -0.1) is 0 Å². The van der Waals surface area contributed by atoms with E-state index in [0.29, 0.717) is 12.3 Å². The fraction of sp³-hybridized carbons (Fsp3) is 0.316. The molecule has 2 atom stereocenters. The summed E-state index contributed by atoms with van der Waals surface area (Å²) >= 11 is 0. The van der Waals surface area contributed by atoms with Crippen LogP contribution < -0.4 is 5.32 Å². The molecule has 0 radical (unpaired) electrons. The second-order valence-corrected chi connectivity index (χ2v) is 7.36. The molecule has 0 aliphatic rings. The van der Waals surface area contributed by atoms with E-state index >= 15 is 0 Å². The third-order valence-corrected chi connectivity index (χ3v) is 5.07. The second-order valence-electron chi connectivity index (χ2n) is 5.79. The van der Waals surface area contributed by atoms with Gasteiger partial charge in [0.2, 0.25) is 5.91 Å². The lowest BCUT2D eigenvalue weighted by atomic mass is 9.88. The van der Waals surface area contributed by atoms with Crippen LogP contribution in [0.3, 0.4) is 0 Å². The SMILES string of the molecule is CC(C)[C@@H](C(=O)NCC[S@@](=O)c1ccccc1)c1ccccc1. The molecule has 0 spiro atoms. The number of hydrogen-bond donors (Lipinski definition) is 1. The van der Waals surface area contributed by atoms with Crippen molar-refractivity contribution in [1.29, 1.82) is 0 Å². The maximum Gasteiger partial charge on any atom is 0.227 e. The van der Waals surface area contributed by atoms with Crippen LogP contribution in [-0.2, 0) is 15.6 Å². The lowest BCUT2D eigenvalue weighted by molar-refractivity contribution is -0.123. The van der Waals surface area contributed by atoms with Gasteiger partial charge in [0.25, 0.3) is 0 Å². The van der Waals surface area contributed by atoms with Crippen molar-refractivity contribution in [3.05, 3.63) is 66.2 Å². The number of benzene rings is 2. The van der Waals surface area contributed by atoms with Crippen LogP contribution in [0, 0.1) is 5.92 Å². The van der Waals surface area contributed by atoms with Crippen molar-refractivity contribution < 1.29 is 9.00 Å². The Balaban J connectivity index is 1.91. The quantitative estimate of drug-likeness (QED) is 0.847. The highest BCUT2D eigenvalue weighted by Gasteiger charge is 2.23. The number of amides is 1. The van der Waals surface area contributed by atoms with Crippen LogP contribution >= 0.6 is 0 Å². The highest BCUT2D eigenvalue weighted by Crippen LogP contribution is 2.24. The van der Waals surface area contributed by atoms with E-state index in [1.807, 2.05) is 74.5 Å². The van der Waals surface area contributed by atoms with Crippen LogP contribution in [0.4, 0.5) is 0 Å². The van der Waals surface area contributed by atoms with E-state index in [2.05, 4.69) is 5.32 Å². The van der Waals surface area contributed by atoms with Gasteiger partial charge in [-0.3, -0.25) is 9.00 Å². The minimum atomic E-state index is -1.08. The number of nitrogens with one attached hydrogen (secondary N) is 1. The van der Waals surface area contributed by atoms with Gasteiger partial charge >= 0.3 is 0 Å². The molecular formula is C19H23NO2S. The molecule has 0 fully saturated rings. The fourth-order valence-electron chi connectivity index (χ4n) is 2.57. The first-order valence-corrected chi connectivity index (χ1v) is 9.17. The summed E-state index contributed by atoms with van der Waals surface area (Å²) < 4.78 is 12.2. The van der Waals surface area contributed by atoms with Crippen LogP contribution in [0.25, 0.3) is 0 Å². The summed E-state index contributed by atoms with van der Waals surface area (Å²) in [6, 6.07) is 19.1. The summed E-state index contributed by atoms with van der Waals surface area (Å²) in [5, 5.41) is 2.93. The van der Waals surface area contributed by atoms with Crippen LogP contribution in [0.15, 0.2) is 65.6 Å². The largest absolute Gasteiger partial charge is 0.355 e. The Hall–Kier alpha value is -1.94. The van der Waals surface area contributed by atoms with E-state index in [1.165, 1.54) is 0 Å². The first kappa shape index (κ1) is 17.4. The topological polar surface area (TPSA) is 46.2 Å². The van der Waals surface area contributed by atoms with Gasteiger partial charge in [-0.1, -0.05) is 62.4 Å². The molecule has 0 saturated carbocycles. The van der Waals surface area contributed by atoms with Crippen molar-refractivity contribution >= 4 is 16.7 Å². The predicted molar refractivity (Wildman–Crippen MR) is 94.7 cm³/mol. The molecule has 122 valence electrons. The zero-order chi connectivity index (χ0) is 16.7. The molecular weight excluding hydrogens is 306 g/mol. The Morgan fingerprint density at radius 3 is 2.13 bits per heavy atom. The molecule has 0 saturated heterocycles. The van der Waals surface area contributed by atoms with Crippen molar-refractivity contribution in [1.82, 2.24) is 5.32 Å². The summed E-state index contributed by atoms with van der Waals surface area (Å²) in [5.74, 6) is 0.449. The van der Waals surface area contributed by atoms with Gasteiger partial charge in [-0.25, -0.2) is 0 Å². The Bertz CT molecular complexity index is 641. The van der Waals surface area contributed by atoms with Gasteiger partial charge in [0.1, 0.15) is 0 Å². The van der Waals surface area contributed by atoms with E-state index in [-0.39, 0.29) is 17.7 Å². The van der Waals surface area contributed by atoms with Crippen LogP contribution in [0.5, 0.6) is 0 Å². The number of hydrogen-bond acceptors (Lipinski definition) is 2. The highest BCUT2D eigenvalue weighted by molar-refractivity contribution is 7.85. The molecule has 3 nitrogen and oxygen atoms in total. The standard InChI is InChI=1S/C19H23NO2S/c1-15(2)18(16-9-5-3-6-10-16)19(21)20-13-14-23(22)17-11-7-4-8-12-17/h3-12,15,18H,13-14H2,1-2H3,(H,20,21)/t18-,23-/m1/s1.